The van der Waals surface area contributed by atoms with Crippen LogP contribution in [0.1, 0.15) is 62.4 Å². The maximum atomic E-state index is 12.9. The number of ether oxygens (including phenoxy) is 1. The number of nitrogens with one attached hydrogen (secondary N) is 1. The summed E-state index contributed by atoms with van der Waals surface area (Å²) in [7, 11) is -1.76. The van der Waals surface area contributed by atoms with Crippen LogP contribution < -0.4 is 5.32 Å². The summed E-state index contributed by atoms with van der Waals surface area (Å²) in [6, 6.07) is -0.221. The first-order valence-electron chi connectivity index (χ1n) is 9.47. The van der Waals surface area contributed by atoms with Crippen LogP contribution in [0.15, 0.2) is 0 Å². The molecule has 1 atom stereocenters. The Morgan fingerprint density at radius 1 is 1.28 bits per heavy atom. The van der Waals surface area contributed by atoms with E-state index in [9.17, 15) is 18.0 Å². The molecule has 0 bridgehead atoms. The first-order chi connectivity index (χ1) is 13.8. The molecule has 9 nitrogen and oxygen atoms in total. The molecule has 1 saturated heterocycles. The van der Waals surface area contributed by atoms with Crippen molar-refractivity contribution in [3.05, 3.63) is 27.5 Å². The van der Waals surface area contributed by atoms with Gasteiger partial charge in [-0.2, -0.15) is 5.10 Å². The number of sulfone groups is 1. The maximum absolute atomic E-state index is 12.9. The van der Waals surface area contributed by atoms with Crippen LogP contribution in [0.3, 0.4) is 0 Å². The number of methoxy groups -OCH3 is 1. The van der Waals surface area contributed by atoms with Gasteiger partial charge in [0.25, 0.3) is 5.91 Å². The second kappa shape index (κ2) is 7.52. The van der Waals surface area contributed by atoms with Crippen LogP contribution in [-0.2, 0) is 27.4 Å². The molecule has 1 fully saturated rings. The second-order valence-electron chi connectivity index (χ2n) is 7.36. The van der Waals surface area contributed by atoms with Gasteiger partial charge in [-0.05, 0) is 39.0 Å². The minimum Gasteiger partial charge on any atom is -0.465 e. The van der Waals surface area contributed by atoms with Gasteiger partial charge in [0.05, 0.1) is 30.4 Å². The molecule has 0 radical (unpaired) electrons. The van der Waals surface area contributed by atoms with E-state index in [1.54, 1.807) is 11.6 Å². The molecule has 1 aliphatic heterocycles. The zero-order valence-corrected chi connectivity index (χ0v) is 17.9. The van der Waals surface area contributed by atoms with Crippen molar-refractivity contribution < 1.29 is 22.7 Å². The van der Waals surface area contributed by atoms with E-state index in [1.165, 1.54) is 7.11 Å². The van der Waals surface area contributed by atoms with E-state index in [1.807, 2.05) is 0 Å². The number of amides is 1. The van der Waals surface area contributed by atoms with Crippen molar-refractivity contribution in [2.45, 2.75) is 45.1 Å². The summed E-state index contributed by atoms with van der Waals surface area (Å²) >= 11 is 1.05. The first kappa shape index (κ1) is 20.0. The van der Waals surface area contributed by atoms with E-state index in [4.69, 9.17) is 4.74 Å². The van der Waals surface area contributed by atoms with E-state index in [0.29, 0.717) is 27.8 Å². The van der Waals surface area contributed by atoms with Crippen molar-refractivity contribution in [1.82, 2.24) is 14.8 Å². The van der Waals surface area contributed by atoms with E-state index in [0.717, 1.165) is 48.3 Å². The van der Waals surface area contributed by atoms with Crippen molar-refractivity contribution in [3.63, 3.8) is 0 Å². The highest BCUT2D eigenvalue weighted by atomic mass is 32.2. The van der Waals surface area contributed by atoms with Gasteiger partial charge >= 0.3 is 5.97 Å². The fourth-order valence-electron chi connectivity index (χ4n) is 3.97. The molecule has 1 amide bonds. The number of carbonyl (C=O) groups is 2. The van der Waals surface area contributed by atoms with Gasteiger partial charge < -0.3 is 4.74 Å². The number of thiazole rings is 1. The van der Waals surface area contributed by atoms with Crippen LogP contribution in [-0.4, -0.2) is 53.7 Å². The molecule has 2 aromatic rings. The Morgan fingerprint density at radius 2 is 2.03 bits per heavy atom. The molecule has 1 aliphatic carbocycles. The quantitative estimate of drug-likeness (QED) is 0.724. The number of rotatable bonds is 4. The summed E-state index contributed by atoms with van der Waals surface area (Å²) < 4.78 is 30.3. The lowest BCUT2D eigenvalue weighted by Gasteiger charge is -2.17. The third kappa shape index (κ3) is 3.80. The molecule has 0 spiro atoms. The van der Waals surface area contributed by atoms with Gasteiger partial charge in [-0.25, -0.2) is 18.2 Å². The molecule has 3 heterocycles. The lowest BCUT2D eigenvalue weighted by molar-refractivity contribution is 0.0605. The van der Waals surface area contributed by atoms with Gasteiger partial charge in [0.15, 0.2) is 20.7 Å². The average molecular weight is 439 g/mol. The fourth-order valence-corrected chi connectivity index (χ4v) is 6.54. The van der Waals surface area contributed by atoms with Gasteiger partial charge in [-0.3, -0.25) is 14.8 Å². The van der Waals surface area contributed by atoms with Gasteiger partial charge in [0.1, 0.15) is 4.88 Å². The molecular formula is C18H22N4O5S2. The van der Waals surface area contributed by atoms with Gasteiger partial charge in [0.2, 0.25) is 0 Å². The van der Waals surface area contributed by atoms with Crippen LogP contribution in [0.25, 0.3) is 0 Å². The number of carbonyl (C=O) groups excluding carboxylic acids is 2. The van der Waals surface area contributed by atoms with E-state index in [-0.39, 0.29) is 17.5 Å². The summed E-state index contributed by atoms with van der Waals surface area (Å²) in [5.74, 6) is -0.670. The molecule has 0 saturated carbocycles. The molecular weight excluding hydrogens is 416 g/mol. The zero-order valence-electron chi connectivity index (χ0n) is 16.2. The third-order valence-corrected chi connectivity index (χ3v) is 8.17. The molecule has 0 aromatic carbocycles. The monoisotopic (exact) mass is 438 g/mol. The predicted molar refractivity (Wildman–Crippen MR) is 107 cm³/mol. The van der Waals surface area contributed by atoms with Crippen LogP contribution in [0.5, 0.6) is 0 Å². The third-order valence-electron chi connectivity index (χ3n) is 5.37. The van der Waals surface area contributed by atoms with Crippen LogP contribution in [0.4, 0.5) is 5.13 Å². The molecule has 4 rings (SSSR count). The first-order valence-corrected chi connectivity index (χ1v) is 12.1. The van der Waals surface area contributed by atoms with Crippen LogP contribution in [0.2, 0.25) is 0 Å². The Kier molecular flexibility index (Phi) is 5.19. The summed E-state index contributed by atoms with van der Waals surface area (Å²) in [6.07, 6.45) is 4.00. The summed E-state index contributed by atoms with van der Waals surface area (Å²) in [5, 5.41) is 7.58. The minimum absolute atomic E-state index is 0.0658. The highest BCUT2D eigenvalue weighted by Crippen LogP contribution is 2.32. The summed E-state index contributed by atoms with van der Waals surface area (Å²) in [5.41, 5.74) is 2.66. The molecule has 1 N–H and O–H groups in total. The van der Waals surface area contributed by atoms with Crippen molar-refractivity contribution in [2.24, 2.45) is 0 Å². The van der Waals surface area contributed by atoms with E-state index >= 15 is 0 Å². The number of aromatic nitrogens is 3. The maximum Gasteiger partial charge on any atom is 0.350 e. The number of hydrogen-bond acceptors (Lipinski definition) is 8. The topological polar surface area (TPSA) is 120 Å². The molecule has 156 valence electrons. The zero-order chi connectivity index (χ0) is 20.8. The standard InChI is InChI=1S/C18H22N4O5S2/c1-10-15(17(24)27-2)28-18(19-10)20-16(23)14-12-5-3-4-6-13(12)22(21-14)11-7-8-29(25,26)9-11/h11H,3-9H2,1-2H3,(H,19,20,23)/t11-/m0/s1. The van der Waals surface area contributed by atoms with Gasteiger partial charge in [-0.15, -0.1) is 0 Å². The van der Waals surface area contributed by atoms with Gasteiger partial charge in [0, 0.05) is 11.3 Å². The number of nitrogens with zero attached hydrogens (tertiary/aromatic N) is 3. The van der Waals surface area contributed by atoms with Crippen LogP contribution >= 0.6 is 11.3 Å². The molecule has 0 unspecified atom stereocenters. The Morgan fingerprint density at radius 3 is 2.72 bits per heavy atom. The molecule has 29 heavy (non-hydrogen) atoms. The molecule has 11 heteroatoms. The fraction of sp³-hybridized carbons (Fsp3) is 0.556. The number of aryl methyl sites for hydroxylation is 1. The molecule has 2 aromatic heterocycles. The number of fused-ring (bicyclic) bond motifs is 1. The van der Waals surface area contributed by atoms with Crippen LogP contribution in [0, 0.1) is 6.92 Å². The lowest BCUT2D eigenvalue weighted by Crippen LogP contribution is -2.17. The summed E-state index contributed by atoms with van der Waals surface area (Å²) in [4.78, 5) is 29.3. The van der Waals surface area contributed by atoms with Crippen molar-refractivity contribution in [2.75, 3.05) is 23.9 Å². The predicted octanol–water partition coefficient (Wildman–Crippen LogP) is 1.93. The average Bonchev–Trinajstić information content (AvgIpc) is 3.35. The SMILES string of the molecule is COC(=O)c1sc(NC(=O)c2nn([C@H]3CCS(=O)(=O)C3)c3c2CCCC3)nc1C. The lowest BCUT2D eigenvalue weighted by atomic mass is 9.95. The van der Waals surface area contributed by atoms with Crippen molar-refractivity contribution in [1.29, 1.82) is 0 Å². The highest BCUT2D eigenvalue weighted by Gasteiger charge is 2.34. The Hall–Kier alpha value is -2.27. The summed E-state index contributed by atoms with van der Waals surface area (Å²) in [6.45, 7) is 1.68. The smallest absolute Gasteiger partial charge is 0.350 e. The van der Waals surface area contributed by atoms with E-state index in [2.05, 4.69) is 15.4 Å². The number of hydrogen-bond donors (Lipinski definition) is 1. The normalized spacial score (nSPS) is 20.3. The second-order valence-corrected chi connectivity index (χ2v) is 10.6. The van der Waals surface area contributed by atoms with E-state index < -0.39 is 21.7 Å². The number of esters is 1. The Bertz CT molecular complexity index is 1090. The molecule has 2 aliphatic rings. The van der Waals surface area contributed by atoms with Gasteiger partial charge in [-0.1, -0.05) is 11.3 Å². The Balaban J connectivity index is 1.63. The Labute approximate surface area is 172 Å². The van der Waals surface area contributed by atoms with Crippen molar-refractivity contribution >= 4 is 38.2 Å². The van der Waals surface area contributed by atoms with Crippen molar-refractivity contribution in [3.8, 4) is 0 Å². The largest absolute Gasteiger partial charge is 0.465 e. The highest BCUT2D eigenvalue weighted by molar-refractivity contribution is 7.91. The minimum atomic E-state index is -3.06. The number of anilines is 1.